The van der Waals surface area contributed by atoms with E-state index in [2.05, 4.69) is 15.2 Å². The maximum atomic E-state index is 12.2. The number of ether oxygens (including phenoxy) is 2. The van der Waals surface area contributed by atoms with Gasteiger partial charge < -0.3 is 14.8 Å². The molecule has 3 rings (SSSR count). The number of nitrogens with zero attached hydrogens (tertiary/aromatic N) is 2. The number of nitrogens with one attached hydrogen (secondary N) is 1. The molecule has 1 N–H and O–H groups in total. The lowest BCUT2D eigenvalue weighted by Gasteiger charge is -2.37. The Morgan fingerprint density at radius 1 is 1.36 bits per heavy atom. The van der Waals surface area contributed by atoms with E-state index in [1.807, 2.05) is 0 Å². The van der Waals surface area contributed by atoms with E-state index < -0.39 is 0 Å². The van der Waals surface area contributed by atoms with Crippen LogP contribution in [-0.2, 0) is 9.47 Å². The molecule has 2 saturated heterocycles. The van der Waals surface area contributed by atoms with Crippen LogP contribution in [0.25, 0.3) is 0 Å². The number of hydrogen-bond acceptors (Lipinski definition) is 5. The van der Waals surface area contributed by atoms with Gasteiger partial charge in [0.1, 0.15) is 0 Å². The minimum Gasteiger partial charge on any atom is -0.381 e. The summed E-state index contributed by atoms with van der Waals surface area (Å²) in [7, 11) is 0. The normalized spacial score (nSPS) is 24.1. The van der Waals surface area contributed by atoms with Crippen molar-refractivity contribution < 1.29 is 14.3 Å². The highest BCUT2D eigenvalue weighted by atomic mass is 16.5. The molecule has 0 aliphatic carbocycles. The molecule has 2 fully saturated rings. The molecule has 0 aromatic carbocycles. The molecule has 1 aromatic heterocycles. The van der Waals surface area contributed by atoms with Crippen molar-refractivity contribution in [3.63, 3.8) is 0 Å². The van der Waals surface area contributed by atoms with Crippen molar-refractivity contribution in [3.05, 3.63) is 30.1 Å². The van der Waals surface area contributed by atoms with E-state index in [9.17, 15) is 4.79 Å². The van der Waals surface area contributed by atoms with Crippen molar-refractivity contribution in [2.45, 2.75) is 12.5 Å². The molecule has 2 atom stereocenters. The summed E-state index contributed by atoms with van der Waals surface area (Å²) >= 11 is 0. The maximum absolute atomic E-state index is 12.2. The van der Waals surface area contributed by atoms with Gasteiger partial charge in [-0.05, 0) is 18.6 Å². The van der Waals surface area contributed by atoms with Crippen LogP contribution in [0.1, 0.15) is 16.8 Å². The SMILES string of the molecule is O=C(NC[C@@H]([C@H]1CCOC1)N1CCOCC1)c1cccnc1. The number of amides is 1. The lowest BCUT2D eigenvalue weighted by atomic mass is 9.96. The summed E-state index contributed by atoms with van der Waals surface area (Å²) in [5.41, 5.74) is 0.603. The predicted molar refractivity (Wildman–Crippen MR) is 81.7 cm³/mol. The molecule has 6 heteroatoms. The van der Waals surface area contributed by atoms with Crippen LogP contribution in [0.4, 0.5) is 0 Å². The van der Waals surface area contributed by atoms with Crippen LogP contribution in [0.15, 0.2) is 24.5 Å². The third-order valence-electron chi connectivity index (χ3n) is 4.42. The number of aromatic nitrogens is 1. The van der Waals surface area contributed by atoms with Gasteiger partial charge in [0.25, 0.3) is 5.91 Å². The number of carbonyl (C=O) groups excluding carboxylic acids is 1. The highest BCUT2D eigenvalue weighted by Crippen LogP contribution is 2.21. The van der Waals surface area contributed by atoms with Gasteiger partial charge in [0, 0.05) is 50.6 Å². The fourth-order valence-electron chi connectivity index (χ4n) is 3.16. The smallest absolute Gasteiger partial charge is 0.252 e. The van der Waals surface area contributed by atoms with E-state index in [1.165, 1.54) is 0 Å². The van der Waals surface area contributed by atoms with Crippen LogP contribution in [0.2, 0.25) is 0 Å². The molecule has 2 aliphatic heterocycles. The van der Waals surface area contributed by atoms with Crippen molar-refractivity contribution in [2.75, 3.05) is 46.1 Å². The molecule has 6 nitrogen and oxygen atoms in total. The highest BCUT2D eigenvalue weighted by molar-refractivity contribution is 5.93. The molecular weight excluding hydrogens is 282 g/mol. The van der Waals surface area contributed by atoms with Gasteiger partial charge in [-0.25, -0.2) is 0 Å². The molecule has 1 aromatic rings. The predicted octanol–water partition coefficient (Wildman–Crippen LogP) is 0.549. The van der Waals surface area contributed by atoms with Crippen LogP contribution in [-0.4, -0.2) is 67.9 Å². The lowest BCUT2D eigenvalue weighted by Crippen LogP contribution is -2.52. The van der Waals surface area contributed by atoms with Gasteiger partial charge in [-0.2, -0.15) is 0 Å². The van der Waals surface area contributed by atoms with E-state index in [4.69, 9.17) is 9.47 Å². The minimum absolute atomic E-state index is 0.0646. The summed E-state index contributed by atoms with van der Waals surface area (Å²) < 4.78 is 11.0. The average molecular weight is 305 g/mol. The van der Waals surface area contributed by atoms with Crippen LogP contribution in [0.3, 0.4) is 0 Å². The monoisotopic (exact) mass is 305 g/mol. The van der Waals surface area contributed by atoms with Gasteiger partial charge in [-0.3, -0.25) is 14.7 Å². The summed E-state index contributed by atoms with van der Waals surface area (Å²) in [5.74, 6) is 0.414. The Kier molecular flexibility index (Phi) is 5.37. The van der Waals surface area contributed by atoms with Crippen molar-refractivity contribution in [2.24, 2.45) is 5.92 Å². The number of pyridine rings is 1. The number of morpholine rings is 1. The summed E-state index contributed by atoms with van der Waals surface area (Å²) in [4.78, 5) is 18.6. The zero-order valence-corrected chi connectivity index (χ0v) is 12.7. The van der Waals surface area contributed by atoms with Crippen LogP contribution >= 0.6 is 0 Å². The van der Waals surface area contributed by atoms with Crippen molar-refractivity contribution >= 4 is 5.91 Å². The Bertz CT molecular complexity index is 471. The Balaban J connectivity index is 1.60. The van der Waals surface area contributed by atoms with Gasteiger partial charge >= 0.3 is 0 Å². The molecule has 1 amide bonds. The fourth-order valence-corrected chi connectivity index (χ4v) is 3.16. The second kappa shape index (κ2) is 7.67. The van der Waals surface area contributed by atoms with Crippen LogP contribution < -0.4 is 5.32 Å². The van der Waals surface area contributed by atoms with E-state index >= 15 is 0 Å². The molecule has 3 heterocycles. The first-order chi connectivity index (χ1) is 10.8. The molecule has 0 radical (unpaired) electrons. The molecule has 120 valence electrons. The Morgan fingerprint density at radius 3 is 2.91 bits per heavy atom. The van der Waals surface area contributed by atoms with Gasteiger partial charge in [0.05, 0.1) is 25.4 Å². The largest absolute Gasteiger partial charge is 0.381 e. The average Bonchev–Trinajstić information content (AvgIpc) is 3.11. The van der Waals surface area contributed by atoms with Crippen molar-refractivity contribution in [1.29, 1.82) is 0 Å². The van der Waals surface area contributed by atoms with Crippen molar-refractivity contribution in [3.8, 4) is 0 Å². The second-order valence-electron chi connectivity index (χ2n) is 5.79. The van der Waals surface area contributed by atoms with Crippen LogP contribution in [0, 0.1) is 5.92 Å². The topological polar surface area (TPSA) is 63.7 Å². The third kappa shape index (κ3) is 3.82. The summed E-state index contributed by atoms with van der Waals surface area (Å²) in [6.07, 6.45) is 4.33. The standard InChI is InChI=1S/C16H23N3O3/c20-16(13-2-1-4-17-10-13)18-11-15(14-3-7-22-12-14)19-5-8-21-9-6-19/h1-2,4,10,14-15H,3,5-9,11-12H2,(H,18,20)/t14-,15-/m0/s1. The molecule has 2 aliphatic rings. The van der Waals surface area contributed by atoms with E-state index in [1.54, 1.807) is 24.5 Å². The zero-order chi connectivity index (χ0) is 15.2. The molecule has 0 saturated carbocycles. The number of rotatable bonds is 5. The first-order valence-electron chi connectivity index (χ1n) is 7.92. The molecular formula is C16H23N3O3. The summed E-state index contributed by atoms with van der Waals surface area (Å²) in [5, 5.41) is 3.06. The summed E-state index contributed by atoms with van der Waals surface area (Å²) in [6.45, 7) is 5.61. The second-order valence-corrected chi connectivity index (χ2v) is 5.79. The maximum Gasteiger partial charge on any atom is 0.252 e. The molecule has 22 heavy (non-hydrogen) atoms. The number of hydrogen-bond donors (Lipinski definition) is 1. The van der Waals surface area contributed by atoms with Gasteiger partial charge in [-0.1, -0.05) is 0 Å². The zero-order valence-electron chi connectivity index (χ0n) is 12.7. The third-order valence-corrected chi connectivity index (χ3v) is 4.42. The van der Waals surface area contributed by atoms with E-state index in [0.29, 0.717) is 24.1 Å². The minimum atomic E-state index is -0.0646. The quantitative estimate of drug-likeness (QED) is 0.861. The van der Waals surface area contributed by atoms with Crippen molar-refractivity contribution in [1.82, 2.24) is 15.2 Å². The van der Waals surface area contributed by atoms with E-state index in [-0.39, 0.29) is 5.91 Å². The van der Waals surface area contributed by atoms with Crippen LogP contribution in [0.5, 0.6) is 0 Å². The fraction of sp³-hybridized carbons (Fsp3) is 0.625. The number of carbonyl (C=O) groups is 1. The highest BCUT2D eigenvalue weighted by Gasteiger charge is 2.31. The molecule has 0 bridgehead atoms. The van der Waals surface area contributed by atoms with Gasteiger partial charge in [0.15, 0.2) is 0 Å². The first-order valence-corrected chi connectivity index (χ1v) is 7.92. The molecule has 0 unspecified atom stereocenters. The van der Waals surface area contributed by atoms with Gasteiger partial charge in [0.2, 0.25) is 0 Å². The Morgan fingerprint density at radius 2 is 2.23 bits per heavy atom. The van der Waals surface area contributed by atoms with Gasteiger partial charge in [-0.15, -0.1) is 0 Å². The van der Waals surface area contributed by atoms with E-state index in [0.717, 1.165) is 45.9 Å². The first kappa shape index (κ1) is 15.4. The lowest BCUT2D eigenvalue weighted by molar-refractivity contribution is 0.00166. The summed E-state index contributed by atoms with van der Waals surface area (Å²) in [6, 6.07) is 3.87. The molecule has 0 spiro atoms. The Hall–Kier alpha value is -1.50. The Labute approximate surface area is 130 Å².